The Kier molecular flexibility index (Phi) is 3.36. The first kappa shape index (κ1) is 14.3. The van der Waals surface area contributed by atoms with Crippen molar-refractivity contribution in [1.29, 1.82) is 0 Å². The van der Waals surface area contributed by atoms with E-state index in [-0.39, 0.29) is 5.91 Å². The molecule has 0 saturated carbocycles. The maximum Gasteiger partial charge on any atom is 0.258 e. The molecule has 114 valence electrons. The summed E-state index contributed by atoms with van der Waals surface area (Å²) in [4.78, 5) is 21.6. The summed E-state index contributed by atoms with van der Waals surface area (Å²) >= 11 is 0. The molecule has 5 heteroatoms. The van der Waals surface area contributed by atoms with E-state index in [1.54, 1.807) is 4.90 Å². The van der Waals surface area contributed by atoms with E-state index in [0.717, 1.165) is 59.8 Å². The lowest BCUT2D eigenvalue weighted by molar-refractivity contribution is -0.125. The van der Waals surface area contributed by atoms with Gasteiger partial charge in [0.2, 0.25) is 5.96 Å². The van der Waals surface area contributed by atoms with Crippen molar-refractivity contribution in [3.8, 4) is 0 Å². The van der Waals surface area contributed by atoms with Gasteiger partial charge in [0.05, 0.1) is 13.1 Å². The second kappa shape index (κ2) is 5.41. The fraction of sp³-hybridized carbons (Fsp3) is 0.333. The fourth-order valence-corrected chi connectivity index (χ4v) is 3.51. The zero-order chi connectivity index (χ0) is 16.0. The van der Waals surface area contributed by atoms with E-state index >= 15 is 0 Å². The molecule has 4 nitrogen and oxygen atoms in total. The van der Waals surface area contributed by atoms with Gasteiger partial charge in [-0.25, -0.2) is 0 Å². The fourth-order valence-electron chi connectivity index (χ4n) is 3.51. The van der Waals surface area contributed by atoms with E-state index in [4.69, 9.17) is 7.85 Å². The van der Waals surface area contributed by atoms with Crippen LogP contribution >= 0.6 is 0 Å². The Morgan fingerprint density at radius 3 is 2.78 bits per heavy atom. The van der Waals surface area contributed by atoms with E-state index in [1.807, 2.05) is 24.3 Å². The normalized spacial score (nSPS) is 20.6. The Morgan fingerprint density at radius 1 is 1.22 bits per heavy atom. The molecule has 1 amide bonds. The second-order valence-electron chi connectivity index (χ2n) is 6.32. The predicted molar refractivity (Wildman–Crippen MR) is 91.4 cm³/mol. The molecule has 0 saturated heterocycles. The smallest absolute Gasteiger partial charge is 0.258 e. The van der Waals surface area contributed by atoms with Crippen molar-refractivity contribution in [3.63, 3.8) is 0 Å². The van der Waals surface area contributed by atoms with Crippen molar-refractivity contribution in [2.24, 2.45) is 4.99 Å². The predicted octanol–water partition coefficient (Wildman–Crippen LogP) is 1.49. The van der Waals surface area contributed by atoms with E-state index in [0.29, 0.717) is 13.0 Å². The zero-order valence-corrected chi connectivity index (χ0v) is 13.1. The molecule has 2 radical (unpaired) electrons. The van der Waals surface area contributed by atoms with Crippen LogP contribution in [0.15, 0.2) is 52.7 Å². The number of guanidine groups is 1. The maximum atomic E-state index is 13.0. The number of hydrogen-bond donors (Lipinski definition) is 0. The van der Waals surface area contributed by atoms with Crippen LogP contribution < -0.4 is 5.46 Å². The highest BCUT2D eigenvalue weighted by Gasteiger charge is 2.39. The van der Waals surface area contributed by atoms with Crippen LogP contribution in [0.1, 0.15) is 24.8 Å². The van der Waals surface area contributed by atoms with E-state index in [2.05, 4.69) is 16.5 Å². The number of benzene rings is 1. The van der Waals surface area contributed by atoms with Crippen molar-refractivity contribution in [3.05, 3.63) is 53.3 Å². The first-order chi connectivity index (χ1) is 11.1. The van der Waals surface area contributed by atoms with Gasteiger partial charge in [0.15, 0.2) is 0 Å². The monoisotopic (exact) mass is 303 g/mol. The molecule has 1 aromatic rings. The third-order valence-corrected chi connectivity index (χ3v) is 4.70. The number of fused-ring (bicyclic) bond motifs is 2. The highest BCUT2D eigenvalue weighted by molar-refractivity contribution is 6.32. The highest BCUT2D eigenvalue weighted by Crippen LogP contribution is 2.36. The third kappa shape index (κ3) is 2.40. The van der Waals surface area contributed by atoms with Crippen LogP contribution in [0.25, 0.3) is 0 Å². The summed E-state index contributed by atoms with van der Waals surface area (Å²) < 4.78 is 0. The Balaban J connectivity index is 1.69. The first-order valence-corrected chi connectivity index (χ1v) is 8.00. The molecule has 0 unspecified atom stereocenters. The van der Waals surface area contributed by atoms with Crippen LogP contribution in [-0.2, 0) is 11.3 Å². The summed E-state index contributed by atoms with van der Waals surface area (Å²) in [6.45, 7) is 6.22. The molecule has 4 rings (SSSR count). The lowest BCUT2D eigenvalue weighted by Gasteiger charge is -2.39. The molecule has 2 heterocycles. The summed E-state index contributed by atoms with van der Waals surface area (Å²) in [6, 6.07) is 7.66. The van der Waals surface area contributed by atoms with Gasteiger partial charge in [-0.05, 0) is 18.4 Å². The molecule has 0 atom stereocenters. The van der Waals surface area contributed by atoms with Gasteiger partial charge in [-0.2, -0.15) is 0 Å². The maximum absolute atomic E-state index is 13.0. The summed E-state index contributed by atoms with van der Waals surface area (Å²) in [5, 5.41) is 0. The van der Waals surface area contributed by atoms with Gasteiger partial charge in [-0.15, -0.1) is 0 Å². The van der Waals surface area contributed by atoms with Crippen LogP contribution in [0.3, 0.4) is 0 Å². The van der Waals surface area contributed by atoms with E-state index < -0.39 is 0 Å². The van der Waals surface area contributed by atoms with Gasteiger partial charge in [-0.1, -0.05) is 41.9 Å². The van der Waals surface area contributed by atoms with Gasteiger partial charge in [0.25, 0.3) is 5.91 Å². The minimum atomic E-state index is 0.0783. The van der Waals surface area contributed by atoms with E-state index in [9.17, 15) is 4.79 Å². The number of aliphatic imine (C=N–C) groups is 1. The molecule has 1 aliphatic carbocycles. The summed E-state index contributed by atoms with van der Waals surface area (Å²) in [5.41, 5.74) is 4.99. The van der Waals surface area contributed by atoms with Crippen LogP contribution in [0, 0.1) is 0 Å². The molecular weight excluding hydrogens is 285 g/mol. The van der Waals surface area contributed by atoms with Crippen LogP contribution in [0.2, 0.25) is 0 Å². The number of amides is 1. The summed E-state index contributed by atoms with van der Waals surface area (Å²) in [5.74, 6) is 0.882. The highest BCUT2D eigenvalue weighted by atomic mass is 16.2. The van der Waals surface area contributed by atoms with Gasteiger partial charge in [0.1, 0.15) is 7.85 Å². The van der Waals surface area contributed by atoms with Gasteiger partial charge < -0.3 is 4.90 Å². The van der Waals surface area contributed by atoms with Gasteiger partial charge in [-0.3, -0.25) is 14.7 Å². The van der Waals surface area contributed by atoms with E-state index in [1.165, 1.54) is 0 Å². The molecule has 2 aliphatic heterocycles. The van der Waals surface area contributed by atoms with Crippen molar-refractivity contribution in [2.45, 2.75) is 25.8 Å². The SMILES string of the molecule is [B]c1ccc(CN2C(=O)C3=C(CCC(=C)C3)N3CCN=C23)cc1. The Bertz CT molecular complexity index is 748. The van der Waals surface area contributed by atoms with Crippen LogP contribution in [0.4, 0.5) is 0 Å². The Labute approximate surface area is 137 Å². The number of hydrogen-bond acceptors (Lipinski definition) is 3. The Hall–Kier alpha value is -2.30. The Morgan fingerprint density at radius 2 is 2.00 bits per heavy atom. The molecule has 23 heavy (non-hydrogen) atoms. The number of nitrogens with zero attached hydrogens (tertiary/aromatic N) is 3. The zero-order valence-electron chi connectivity index (χ0n) is 13.1. The molecule has 0 bridgehead atoms. The summed E-state index contributed by atoms with van der Waals surface area (Å²) in [6.07, 6.45) is 2.55. The number of allylic oxidation sites excluding steroid dienone is 2. The lowest BCUT2D eigenvalue weighted by Crippen LogP contribution is -2.50. The van der Waals surface area contributed by atoms with Crippen LogP contribution in [0.5, 0.6) is 0 Å². The van der Waals surface area contributed by atoms with Crippen LogP contribution in [-0.4, -0.2) is 42.6 Å². The molecular formula is C18H18BN3O. The number of rotatable bonds is 2. The molecule has 3 aliphatic rings. The number of carbonyl (C=O) groups is 1. The molecule has 0 aromatic heterocycles. The number of carbonyl (C=O) groups excluding carboxylic acids is 1. The molecule has 0 spiro atoms. The lowest BCUT2D eigenvalue weighted by atomic mass is 9.89. The quantitative estimate of drug-likeness (QED) is 0.613. The minimum absolute atomic E-state index is 0.0783. The molecule has 0 N–H and O–H groups in total. The minimum Gasteiger partial charge on any atom is -0.314 e. The molecule has 0 fully saturated rings. The standard InChI is InChI=1S/C18H18BN3O/c1-12-2-7-16-15(10-12)17(23)22(18-20-8-9-21(16)18)11-13-3-5-14(19)6-4-13/h3-6H,1-2,7-11H2. The van der Waals surface area contributed by atoms with Crippen molar-refractivity contribution in [1.82, 2.24) is 9.80 Å². The summed E-state index contributed by atoms with van der Waals surface area (Å²) in [7, 11) is 5.75. The largest absolute Gasteiger partial charge is 0.314 e. The topological polar surface area (TPSA) is 35.9 Å². The second-order valence-corrected chi connectivity index (χ2v) is 6.32. The molecule has 1 aromatic carbocycles. The van der Waals surface area contributed by atoms with Crippen molar-refractivity contribution < 1.29 is 4.79 Å². The average Bonchev–Trinajstić information content (AvgIpc) is 3.02. The van der Waals surface area contributed by atoms with Crippen molar-refractivity contribution in [2.75, 3.05) is 13.1 Å². The average molecular weight is 303 g/mol. The van der Waals surface area contributed by atoms with Gasteiger partial charge >= 0.3 is 0 Å². The van der Waals surface area contributed by atoms with Gasteiger partial charge in [0, 0.05) is 24.2 Å². The third-order valence-electron chi connectivity index (χ3n) is 4.70. The first-order valence-electron chi connectivity index (χ1n) is 8.00. The van der Waals surface area contributed by atoms with Crippen molar-refractivity contribution >= 4 is 25.2 Å².